The second kappa shape index (κ2) is 7.55. The van der Waals surface area contributed by atoms with Crippen molar-refractivity contribution in [2.24, 2.45) is 0 Å². The van der Waals surface area contributed by atoms with Crippen molar-refractivity contribution in [2.45, 2.75) is 22.6 Å². The minimum atomic E-state index is -3.78. The fourth-order valence-electron chi connectivity index (χ4n) is 2.11. The summed E-state index contributed by atoms with van der Waals surface area (Å²) in [5, 5.41) is 0. The average Bonchev–Trinajstić information content (AvgIpc) is 2.52. The van der Waals surface area contributed by atoms with Gasteiger partial charge in [0.25, 0.3) is 10.0 Å². The molecular formula is C16H18ClNO4S2. The van der Waals surface area contributed by atoms with Gasteiger partial charge in [-0.1, -0.05) is 18.2 Å². The molecule has 8 heteroatoms. The number of hydrogen-bond donors (Lipinski definition) is 1. The van der Waals surface area contributed by atoms with Crippen LogP contribution in [-0.4, -0.2) is 29.0 Å². The number of alkyl halides is 1. The highest BCUT2D eigenvalue weighted by Gasteiger charge is 2.15. The monoisotopic (exact) mass is 387 g/mol. The molecule has 0 aliphatic rings. The number of benzene rings is 2. The lowest BCUT2D eigenvalue weighted by atomic mass is 10.1. The number of nitrogens with one attached hydrogen (secondary N) is 1. The standard InChI is InChI=1S/C16H18ClNO4S2/c1-23(19,20)16-6-2-5-14(12-16)18-24(21,22)15-9-7-13(8-10-15)4-3-11-17/h2,5-10,12,18H,3-4,11H2,1H3. The number of hydrogen-bond acceptors (Lipinski definition) is 4. The minimum Gasteiger partial charge on any atom is -0.280 e. The summed E-state index contributed by atoms with van der Waals surface area (Å²) in [5.41, 5.74) is 1.21. The van der Waals surface area contributed by atoms with E-state index in [1.54, 1.807) is 12.1 Å². The van der Waals surface area contributed by atoms with E-state index in [9.17, 15) is 16.8 Å². The molecule has 0 saturated heterocycles. The number of sulfone groups is 1. The van der Waals surface area contributed by atoms with Crippen LogP contribution in [0.3, 0.4) is 0 Å². The fraction of sp³-hybridized carbons (Fsp3) is 0.250. The van der Waals surface area contributed by atoms with Crippen molar-refractivity contribution in [2.75, 3.05) is 16.9 Å². The van der Waals surface area contributed by atoms with E-state index >= 15 is 0 Å². The van der Waals surface area contributed by atoms with Gasteiger partial charge in [0.15, 0.2) is 9.84 Å². The first-order valence-electron chi connectivity index (χ1n) is 7.20. The predicted molar refractivity (Wildman–Crippen MR) is 95.8 cm³/mol. The van der Waals surface area contributed by atoms with Crippen LogP contribution in [0.2, 0.25) is 0 Å². The van der Waals surface area contributed by atoms with Crippen LogP contribution >= 0.6 is 11.6 Å². The zero-order valence-electron chi connectivity index (χ0n) is 13.1. The van der Waals surface area contributed by atoms with Crippen LogP contribution in [0.4, 0.5) is 5.69 Å². The van der Waals surface area contributed by atoms with Gasteiger partial charge in [0.2, 0.25) is 0 Å². The molecule has 5 nitrogen and oxygen atoms in total. The lowest BCUT2D eigenvalue weighted by molar-refractivity contribution is 0.599. The van der Waals surface area contributed by atoms with E-state index in [4.69, 9.17) is 11.6 Å². The van der Waals surface area contributed by atoms with Crippen LogP contribution in [-0.2, 0) is 26.3 Å². The Morgan fingerprint density at radius 3 is 2.21 bits per heavy atom. The molecule has 0 unspecified atom stereocenters. The molecule has 0 fully saturated rings. The Labute approximate surface area is 147 Å². The van der Waals surface area contributed by atoms with Gasteiger partial charge in [-0.05, 0) is 48.7 Å². The lowest BCUT2D eigenvalue weighted by Gasteiger charge is -2.10. The van der Waals surface area contributed by atoms with Crippen molar-refractivity contribution in [3.05, 3.63) is 54.1 Å². The van der Waals surface area contributed by atoms with Crippen molar-refractivity contribution >= 4 is 37.1 Å². The van der Waals surface area contributed by atoms with Crippen molar-refractivity contribution in [3.63, 3.8) is 0 Å². The Kier molecular flexibility index (Phi) is 5.90. The SMILES string of the molecule is CS(=O)(=O)c1cccc(NS(=O)(=O)c2ccc(CCCCl)cc2)c1. The van der Waals surface area contributed by atoms with E-state index < -0.39 is 19.9 Å². The van der Waals surface area contributed by atoms with Crippen molar-refractivity contribution in [3.8, 4) is 0 Å². The average molecular weight is 388 g/mol. The maximum atomic E-state index is 12.4. The molecule has 0 atom stereocenters. The number of anilines is 1. The van der Waals surface area contributed by atoms with Crippen molar-refractivity contribution in [1.82, 2.24) is 0 Å². The van der Waals surface area contributed by atoms with Crippen molar-refractivity contribution < 1.29 is 16.8 Å². The quantitative estimate of drug-likeness (QED) is 0.740. The van der Waals surface area contributed by atoms with Crippen LogP contribution in [0, 0.1) is 0 Å². The summed E-state index contributed by atoms with van der Waals surface area (Å²) in [6.45, 7) is 0. The van der Waals surface area contributed by atoms with E-state index in [1.807, 2.05) is 0 Å². The first-order chi connectivity index (χ1) is 11.2. The summed E-state index contributed by atoms with van der Waals surface area (Å²) in [6, 6.07) is 12.2. The second-order valence-electron chi connectivity index (χ2n) is 5.34. The van der Waals surface area contributed by atoms with Gasteiger partial charge in [0, 0.05) is 12.1 Å². The molecule has 130 valence electrons. The van der Waals surface area contributed by atoms with Crippen LogP contribution in [0.25, 0.3) is 0 Å². The Hall–Kier alpha value is -1.57. The van der Waals surface area contributed by atoms with Crippen LogP contribution in [0.15, 0.2) is 58.3 Å². The number of halogens is 1. The molecule has 2 aromatic carbocycles. The molecule has 24 heavy (non-hydrogen) atoms. The first kappa shape index (κ1) is 18.8. The molecule has 0 bridgehead atoms. The molecule has 0 amide bonds. The summed E-state index contributed by atoms with van der Waals surface area (Å²) in [6.07, 6.45) is 2.68. The van der Waals surface area contributed by atoms with Gasteiger partial charge in [-0.2, -0.15) is 0 Å². The fourth-order valence-corrected chi connectivity index (χ4v) is 3.96. The van der Waals surface area contributed by atoms with E-state index in [2.05, 4.69) is 4.72 Å². The Morgan fingerprint density at radius 1 is 0.958 bits per heavy atom. The van der Waals surface area contributed by atoms with Crippen LogP contribution in [0.1, 0.15) is 12.0 Å². The summed E-state index contributed by atoms with van der Waals surface area (Å²) in [4.78, 5) is 0.168. The topological polar surface area (TPSA) is 80.3 Å². The Balaban J connectivity index is 2.22. The van der Waals surface area contributed by atoms with E-state index in [0.717, 1.165) is 24.7 Å². The van der Waals surface area contributed by atoms with E-state index in [-0.39, 0.29) is 15.5 Å². The van der Waals surface area contributed by atoms with Gasteiger partial charge in [-0.15, -0.1) is 11.6 Å². The molecule has 2 aromatic rings. The van der Waals surface area contributed by atoms with Crippen molar-refractivity contribution in [1.29, 1.82) is 0 Å². The largest absolute Gasteiger partial charge is 0.280 e. The Bertz CT molecular complexity index is 907. The normalized spacial score (nSPS) is 12.1. The summed E-state index contributed by atoms with van der Waals surface area (Å²) in [7, 11) is -7.19. The smallest absolute Gasteiger partial charge is 0.261 e. The number of rotatable bonds is 7. The van der Waals surface area contributed by atoms with Crippen LogP contribution < -0.4 is 4.72 Å². The highest BCUT2D eigenvalue weighted by molar-refractivity contribution is 7.92. The molecule has 0 saturated carbocycles. The molecule has 0 radical (unpaired) electrons. The number of sulfonamides is 1. The third-order valence-electron chi connectivity index (χ3n) is 3.35. The predicted octanol–water partition coefficient (Wildman–Crippen LogP) is 3.06. The van der Waals surface area contributed by atoms with Gasteiger partial charge < -0.3 is 0 Å². The number of aryl methyl sites for hydroxylation is 1. The molecule has 0 aromatic heterocycles. The van der Waals surface area contributed by atoms with Gasteiger partial charge in [-0.3, -0.25) is 4.72 Å². The highest BCUT2D eigenvalue weighted by Crippen LogP contribution is 2.20. The maximum Gasteiger partial charge on any atom is 0.261 e. The maximum absolute atomic E-state index is 12.4. The second-order valence-corrected chi connectivity index (χ2v) is 9.42. The Morgan fingerprint density at radius 2 is 1.62 bits per heavy atom. The van der Waals surface area contributed by atoms with Gasteiger partial charge in [0.1, 0.15) is 0 Å². The molecule has 0 aliphatic carbocycles. The minimum absolute atomic E-state index is 0.0547. The molecule has 1 N–H and O–H groups in total. The summed E-state index contributed by atoms with van der Waals surface area (Å²) >= 11 is 5.64. The lowest BCUT2D eigenvalue weighted by Crippen LogP contribution is -2.13. The zero-order chi connectivity index (χ0) is 17.8. The third-order valence-corrected chi connectivity index (χ3v) is 6.12. The van der Waals surface area contributed by atoms with Gasteiger partial charge in [0.05, 0.1) is 15.5 Å². The van der Waals surface area contributed by atoms with E-state index in [0.29, 0.717) is 5.88 Å². The van der Waals surface area contributed by atoms with Gasteiger partial charge in [-0.25, -0.2) is 16.8 Å². The summed E-state index contributed by atoms with van der Waals surface area (Å²) in [5.74, 6) is 0.554. The third kappa shape index (κ3) is 4.96. The highest BCUT2D eigenvalue weighted by atomic mass is 35.5. The molecule has 0 spiro atoms. The molecular weight excluding hydrogens is 370 g/mol. The zero-order valence-corrected chi connectivity index (χ0v) is 15.5. The van der Waals surface area contributed by atoms with E-state index in [1.165, 1.54) is 36.4 Å². The molecule has 0 heterocycles. The molecule has 0 aliphatic heterocycles. The van der Waals surface area contributed by atoms with Gasteiger partial charge >= 0.3 is 0 Å². The first-order valence-corrected chi connectivity index (χ1v) is 11.1. The van der Waals surface area contributed by atoms with Crippen LogP contribution in [0.5, 0.6) is 0 Å². The molecule has 2 rings (SSSR count). The summed E-state index contributed by atoms with van der Waals surface area (Å²) < 4.78 is 50.3.